The predicted octanol–water partition coefficient (Wildman–Crippen LogP) is 2.26. The molecule has 1 aromatic carbocycles. The van der Waals surface area contributed by atoms with E-state index in [1.807, 2.05) is 59.1 Å². The lowest BCUT2D eigenvalue weighted by Crippen LogP contribution is -2.23. The van der Waals surface area contributed by atoms with Crippen LogP contribution < -0.4 is 10.9 Å². The topological polar surface area (TPSA) is 86.2 Å². The van der Waals surface area contributed by atoms with E-state index in [4.69, 9.17) is 0 Å². The van der Waals surface area contributed by atoms with Gasteiger partial charge in [-0.1, -0.05) is 36.0 Å². The van der Waals surface area contributed by atoms with E-state index in [0.717, 1.165) is 11.3 Å². The second-order valence-corrected chi connectivity index (χ2v) is 7.13. The van der Waals surface area contributed by atoms with Gasteiger partial charge in [-0.2, -0.15) is 0 Å². The fraction of sp³-hybridized carbons (Fsp3) is 0.158. The third-order valence-corrected chi connectivity index (χ3v) is 5.38. The minimum atomic E-state index is -0.274. The monoisotopic (exact) mass is 394 g/mol. The molecule has 3 heterocycles. The van der Waals surface area contributed by atoms with Crippen molar-refractivity contribution in [1.82, 2.24) is 24.0 Å². The van der Waals surface area contributed by atoms with Gasteiger partial charge in [-0.3, -0.25) is 18.7 Å². The maximum atomic E-state index is 12.8. The number of carbonyl (C=O) groups is 1. The van der Waals surface area contributed by atoms with E-state index in [1.165, 1.54) is 16.4 Å². The second kappa shape index (κ2) is 7.35. The van der Waals surface area contributed by atoms with Gasteiger partial charge in [-0.15, -0.1) is 10.2 Å². The molecule has 0 bridgehead atoms. The van der Waals surface area contributed by atoms with Gasteiger partial charge in [0.15, 0.2) is 10.8 Å². The molecule has 0 saturated heterocycles. The van der Waals surface area contributed by atoms with Gasteiger partial charge in [0.2, 0.25) is 5.91 Å². The fourth-order valence-corrected chi connectivity index (χ4v) is 3.66. The van der Waals surface area contributed by atoms with Crippen LogP contribution in [0.15, 0.2) is 64.7 Å². The average molecular weight is 394 g/mol. The molecule has 0 atom stereocenters. The number of hydrogen-bond acceptors (Lipinski definition) is 5. The van der Waals surface area contributed by atoms with Gasteiger partial charge in [0.05, 0.1) is 17.1 Å². The molecule has 4 aromatic rings. The van der Waals surface area contributed by atoms with Crippen LogP contribution in [0.25, 0.3) is 11.3 Å². The van der Waals surface area contributed by atoms with Gasteiger partial charge in [-0.05, 0) is 31.2 Å². The van der Waals surface area contributed by atoms with Crippen molar-refractivity contribution in [2.24, 2.45) is 7.05 Å². The van der Waals surface area contributed by atoms with Crippen LogP contribution in [0.4, 0.5) is 5.69 Å². The summed E-state index contributed by atoms with van der Waals surface area (Å²) in [5, 5.41) is 11.5. The number of para-hydroxylation sites is 1. The molecule has 0 saturated carbocycles. The van der Waals surface area contributed by atoms with E-state index < -0.39 is 0 Å². The summed E-state index contributed by atoms with van der Waals surface area (Å²) < 4.78 is 5.07. The predicted molar refractivity (Wildman–Crippen MR) is 108 cm³/mol. The summed E-state index contributed by atoms with van der Waals surface area (Å²) in [6.07, 6.45) is 1.84. The van der Waals surface area contributed by atoms with Gasteiger partial charge in [0.25, 0.3) is 5.56 Å². The number of anilines is 1. The third-order valence-electron chi connectivity index (χ3n) is 4.43. The number of benzene rings is 1. The van der Waals surface area contributed by atoms with Crippen molar-refractivity contribution >= 4 is 29.0 Å². The highest BCUT2D eigenvalue weighted by molar-refractivity contribution is 7.99. The van der Waals surface area contributed by atoms with E-state index in [1.54, 1.807) is 18.7 Å². The molecule has 1 N–H and O–H groups in total. The first kappa shape index (κ1) is 18.1. The Morgan fingerprint density at radius 3 is 2.64 bits per heavy atom. The van der Waals surface area contributed by atoms with Crippen LogP contribution >= 0.6 is 11.8 Å². The maximum Gasteiger partial charge on any atom is 0.295 e. The van der Waals surface area contributed by atoms with E-state index in [2.05, 4.69) is 15.5 Å². The number of carbonyl (C=O) groups excluding carboxylic acids is 1. The molecule has 3 aromatic heterocycles. The van der Waals surface area contributed by atoms with Crippen molar-refractivity contribution in [3.8, 4) is 5.69 Å². The molecule has 4 rings (SSSR count). The molecule has 0 fully saturated rings. The zero-order valence-electron chi connectivity index (χ0n) is 15.4. The van der Waals surface area contributed by atoms with Crippen LogP contribution in [0, 0.1) is 6.92 Å². The largest absolute Gasteiger partial charge is 0.319 e. The van der Waals surface area contributed by atoms with Crippen LogP contribution in [0.5, 0.6) is 0 Å². The Balaban J connectivity index is 1.53. The number of aromatic nitrogens is 5. The molecule has 0 aliphatic rings. The Morgan fingerprint density at radius 1 is 1.11 bits per heavy atom. The maximum absolute atomic E-state index is 12.8. The molecular formula is C19H18N6O2S. The van der Waals surface area contributed by atoms with Crippen LogP contribution in [-0.2, 0) is 11.8 Å². The standard InChI is InChI=1S/C19H18N6O2S/c1-13-17(18(27)25(23(13)2)14-8-4-3-5-9-14)20-16(26)12-28-19-22-21-15-10-6-7-11-24(15)19/h3-11H,12H2,1-2H3,(H,20,26). The molecule has 0 spiro atoms. The van der Waals surface area contributed by atoms with Gasteiger partial charge >= 0.3 is 0 Å². The third kappa shape index (κ3) is 3.20. The Bertz CT molecular complexity index is 1210. The summed E-state index contributed by atoms with van der Waals surface area (Å²) in [5.74, 6) is -0.155. The summed E-state index contributed by atoms with van der Waals surface area (Å²) in [5.41, 5.74) is 2.15. The van der Waals surface area contributed by atoms with Gasteiger partial charge in [0, 0.05) is 13.2 Å². The second-order valence-electron chi connectivity index (χ2n) is 6.18. The van der Waals surface area contributed by atoms with Gasteiger partial charge < -0.3 is 5.32 Å². The highest BCUT2D eigenvalue weighted by Gasteiger charge is 2.18. The van der Waals surface area contributed by atoms with Gasteiger partial charge in [0.1, 0.15) is 5.69 Å². The Labute approximate surface area is 164 Å². The summed E-state index contributed by atoms with van der Waals surface area (Å²) in [4.78, 5) is 25.3. The highest BCUT2D eigenvalue weighted by Crippen LogP contribution is 2.18. The SMILES string of the molecule is Cc1c(NC(=O)CSc2nnc3ccccn23)c(=O)n(-c2ccccc2)n1C. The molecule has 0 aliphatic heterocycles. The molecule has 0 aliphatic carbocycles. The quantitative estimate of drug-likeness (QED) is 0.525. The Morgan fingerprint density at radius 2 is 1.86 bits per heavy atom. The van der Waals surface area contributed by atoms with E-state index in [0.29, 0.717) is 10.9 Å². The zero-order valence-corrected chi connectivity index (χ0v) is 16.2. The summed E-state index contributed by atoms with van der Waals surface area (Å²) in [6.45, 7) is 1.80. The van der Waals surface area contributed by atoms with E-state index in [-0.39, 0.29) is 22.9 Å². The molecular weight excluding hydrogens is 376 g/mol. The molecule has 1 amide bonds. The van der Waals surface area contributed by atoms with Crippen LogP contribution in [0.3, 0.4) is 0 Å². The molecule has 0 radical (unpaired) electrons. The molecule has 0 unspecified atom stereocenters. The van der Waals surface area contributed by atoms with Crippen molar-refractivity contribution < 1.29 is 4.79 Å². The fourth-order valence-electron chi connectivity index (χ4n) is 2.94. The minimum Gasteiger partial charge on any atom is -0.319 e. The number of pyridine rings is 1. The Kier molecular flexibility index (Phi) is 4.74. The van der Waals surface area contributed by atoms with Crippen LogP contribution in [0.1, 0.15) is 5.69 Å². The molecule has 142 valence electrons. The average Bonchev–Trinajstić information content (AvgIpc) is 3.22. The number of rotatable bonds is 5. The van der Waals surface area contributed by atoms with Crippen molar-refractivity contribution in [1.29, 1.82) is 0 Å². The number of nitrogens with zero attached hydrogens (tertiary/aromatic N) is 5. The first-order valence-electron chi connectivity index (χ1n) is 8.62. The number of thioether (sulfide) groups is 1. The summed E-state index contributed by atoms with van der Waals surface area (Å²) in [6, 6.07) is 14.9. The number of fused-ring (bicyclic) bond motifs is 1. The van der Waals surface area contributed by atoms with Crippen molar-refractivity contribution in [3.63, 3.8) is 0 Å². The lowest BCUT2D eigenvalue weighted by molar-refractivity contribution is -0.113. The lowest BCUT2D eigenvalue weighted by atomic mass is 10.3. The first-order chi connectivity index (χ1) is 13.6. The smallest absolute Gasteiger partial charge is 0.295 e. The van der Waals surface area contributed by atoms with Crippen molar-refractivity contribution in [3.05, 3.63) is 70.8 Å². The number of hydrogen-bond donors (Lipinski definition) is 1. The summed E-state index contributed by atoms with van der Waals surface area (Å²) in [7, 11) is 1.79. The van der Waals surface area contributed by atoms with E-state index >= 15 is 0 Å². The molecule has 9 heteroatoms. The molecule has 28 heavy (non-hydrogen) atoms. The highest BCUT2D eigenvalue weighted by atomic mass is 32.2. The normalized spacial score (nSPS) is 11.1. The minimum absolute atomic E-state index is 0.120. The zero-order chi connectivity index (χ0) is 19.7. The molecule has 8 nitrogen and oxygen atoms in total. The lowest BCUT2D eigenvalue weighted by Gasteiger charge is -2.07. The van der Waals surface area contributed by atoms with Gasteiger partial charge in [-0.25, -0.2) is 4.68 Å². The first-order valence-corrected chi connectivity index (χ1v) is 9.61. The Hall–Kier alpha value is -3.33. The summed E-state index contributed by atoms with van der Waals surface area (Å²) >= 11 is 1.26. The number of nitrogens with one attached hydrogen (secondary N) is 1. The van der Waals surface area contributed by atoms with Crippen LogP contribution in [-0.4, -0.2) is 35.6 Å². The number of amides is 1. The van der Waals surface area contributed by atoms with E-state index in [9.17, 15) is 9.59 Å². The van der Waals surface area contributed by atoms with Crippen molar-refractivity contribution in [2.75, 3.05) is 11.1 Å². The van der Waals surface area contributed by atoms with Crippen molar-refractivity contribution in [2.45, 2.75) is 12.1 Å². The van der Waals surface area contributed by atoms with Crippen LogP contribution in [0.2, 0.25) is 0 Å².